The molecule has 12 heteroatoms. The minimum Gasteiger partial charge on any atom is -0.452 e. The highest BCUT2D eigenvalue weighted by Crippen LogP contribution is 2.25. The molecule has 0 aliphatic heterocycles. The van der Waals surface area contributed by atoms with Crippen molar-refractivity contribution in [2.75, 3.05) is 18.2 Å². The van der Waals surface area contributed by atoms with Crippen LogP contribution >= 0.6 is 11.3 Å². The van der Waals surface area contributed by atoms with Crippen LogP contribution in [0.3, 0.4) is 0 Å². The number of nitro benzene ring substituents is 1. The number of nitriles is 1. The first-order chi connectivity index (χ1) is 12.6. The van der Waals surface area contributed by atoms with E-state index >= 15 is 0 Å². The SMILES string of the molecule is CS(=O)(=O)c1ccc(C(=O)OCC(=O)Nc2sccc2C#N)cc1[N+](=O)[O-]. The van der Waals surface area contributed by atoms with Crippen molar-refractivity contribution in [3.05, 3.63) is 50.9 Å². The van der Waals surface area contributed by atoms with E-state index in [-0.39, 0.29) is 11.1 Å². The third-order valence-corrected chi connectivity index (χ3v) is 5.14. The average molecular weight is 409 g/mol. The van der Waals surface area contributed by atoms with Crippen LogP contribution in [-0.2, 0) is 19.4 Å². The Labute approximate surface area is 157 Å². The number of esters is 1. The Bertz CT molecular complexity index is 1070. The van der Waals surface area contributed by atoms with Crippen LogP contribution in [0.15, 0.2) is 34.5 Å². The molecule has 140 valence electrons. The Balaban J connectivity index is 2.10. The zero-order valence-corrected chi connectivity index (χ0v) is 15.3. The molecule has 1 heterocycles. The van der Waals surface area contributed by atoms with Crippen LogP contribution < -0.4 is 5.32 Å². The van der Waals surface area contributed by atoms with Gasteiger partial charge in [0.1, 0.15) is 16.0 Å². The van der Waals surface area contributed by atoms with E-state index in [2.05, 4.69) is 5.32 Å². The summed E-state index contributed by atoms with van der Waals surface area (Å²) in [6, 6.07) is 6.13. The van der Waals surface area contributed by atoms with Crippen molar-refractivity contribution >= 4 is 43.7 Å². The first kappa shape index (κ1) is 20.0. The lowest BCUT2D eigenvalue weighted by Gasteiger charge is -2.07. The van der Waals surface area contributed by atoms with Gasteiger partial charge >= 0.3 is 5.97 Å². The minimum atomic E-state index is -3.87. The predicted molar refractivity (Wildman–Crippen MR) is 94.2 cm³/mol. The maximum atomic E-state index is 12.0. The number of amides is 1. The molecular formula is C15H11N3O7S2. The second-order valence-corrected chi connectivity index (χ2v) is 8.01. The maximum absolute atomic E-state index is 12.0. The Morgan fingerprint density at radius 1 is 1.37 bits per heavy atom. The lowest BCUT2D eigenvalue weighted by Crippen LogP contribution is -2.21. The number of carbonyl (C=O) groups excluding carboxylic acids is 2. The highest BCUT2D eigenvalue weighted by atomic mass is 32.2. The van der Waals surface area contributed by atoms with E-state index < -0.39 is 43.8 Å². The summed E-state index contributed by atoms with van der Waals surface area (Å²) in [6.07, 6.45) is 0.803. The summed E-state index contributed by atoms with van der Waals surface area (Å²) < 4.78 is 27.9. The largest absolute Gasteiger partial charge is 0.452 e. The van der Waals surface area contributed by atoms with Gasteiger partial charge in [-0.05, 0) is 23.6 Å². The van der Waals surface area contributed by atoms with Crippen LogP contribution in [0.2, 0.25) is 0 Å². The number of ether oxygens (including phenoxy) is 1. The van der Waals surface area contributed by atoms with Crippen molar-refractivity contribution in [3.63, 3.8) is 0 Å². The normalized spacial score (nSPS) is 10.7. The third-order valence-electron chi connectivity index (χ3n) is 3.16. The Morgan fingerprint density at radius 2 is 2.07 bits per heavy atom. The number of anilines is 1. The quantitative estimate of drug-likeness (QED) is 0.429. The van der Waals surface area contributed by atoms with E-state index in [0.29, 0.717) is 5.00 Å². The van der Waals surface area contributed by atoms with Gasteiger partial charge < -0.3 is 10.1 Å². The second-order valence-electron chi connectivity index (χ2n) is 5.11. The van der Waals surface area contributed by atoms with Crippen molar-refractivity contribution in [1.82, 2.24) is 0 Å². The van der Waals surface area contributed by atoms with Gasteiger partial charge in [-0.3, -0.25) is 14.9 Å². The number of nitrogens with one attached hydrogen (secondary N) is 1. The average Bonchev–Trinajstić information content (AvgIpc) is 3.05. The highest BCUT2D eigenvalue weighted by Gasteiger charge is 2.24. The summed E-state index contributed by atoms with van der Waals surface area (Å²) in [5.74, 6) is -1.75. The van der Waals surface area contributed by atoms with E-state index in [1.807, 2.05) is 6.07 Å². The van der Waals surface area contributed by atoms with Gasteiger partial charge in [-0.25, -0.2) is 13.2 Å². The lowest BCUT2D eigenvalue weighted by atomic mass is 10.2. The molecule has 10 nitrogen and oxygen atoms in total. The monoisotopic (exact) mass is 409 g/mol. The molecule has 1 N–H and O–H groups in total. The Morgan fingerprint density at radius 3 is 2.67 bits per heavy atom. The van der Waals surface area contributed by atoms with Crippen LogP contribution in [0.4, 0.5) is 10.7 Å². The number of sulfone groups is 1. The number of nitro groups is 1. The van der Waals surface area contributed by atoms with Crippen LogP contribution in [0, 0.1) is 21.4 Å². The van der Waals surface area contributed by atoms with Crippen LogP contribution in [0.1, 0.15) is 15.9 Å². The number of hydrogen-bond donors (Lipinski definition) is 1. The zero-order valence-electron chi connectivity index (χ0n) is 13.7. The lowest BCUT2D eigenvalue weighted by molar-refractivity contribution is -0.387. The molecule has 0 saturated heterocycles. The summed E-state index contributed by atoms with van der Waals surface area (Å²) in [7, 11) is -3.87. The second kappa shape index (κ2) is 7.94. The number of hydrogen-bond acceptors (Lipinski definition) is 9. The van der Waals surface area contributed by atoms with E-state index in [1.165, 1.54) is 6.07 Å². The molecule has 2 aromatic rings. The van der Waals surface area contributed by atoms with E-state index in [9.17, 15) is 28.1 Å². The predicted octanol–water partition coefficient (Wildman–Crippen LogP) is 1.73. The van der Waals surface area contributed by atoms with Crippen molar-refractivity contribution in [3.8, 4) is 6.07 Å². The van der Waals surface area contributed by atoms with Crippen molar-refractivity contribution in [2.24, 2.45) is 0 Å². The fourth-order valence-electron chi connectivity index (χ4n) is 1.97. The van der Waals surface area contributed by atoms with Gasteiger partial charge in [0.2, 0.25) is 0 Å². The van der Waals surface area contributed by atoms with Gasteiger partial charge in [-0.1, -0.05) is 0 Å². The minimum absolute atomic E-state index is 0.256. The third kappa shape index (κ3) is 4.87. The fraction of sp³-hybridized carbons (Fsp3) is 0.133. The topological polar surface area (TPSA) is 156 Å². The molecule has 0 saturated carbocycles. The van der Waals surface area contributed by atoms with Gasteiger partial charge in [0.25, 0.3) is 11.6 Å². The molecule has 0 aliphatic rings. The first-order valence-corrected chi connectivity index (χ1v) is 9.83. The van der Waals surface area contributed by atoms with Gasteiger partial charge in [0.15, 0.2) is 16.4 Å². The summed E-state index contributed by atoms with van der Waals surface area (Å²) in [5, 5.41) is 24.2. The van der Waals surface area contributed by atoms with Crippen molar-refractivity contribution in [2.45, 2.75) is 4.90 Å². The van der Waals surface area contributed by atoms with Crippen LogP contribution in [-0.4, -0.2) is 38.1 Å². The molecule has 1 aromatic heterocycles. The summed E-state index contributed by atoms with van der Waals surface area (Å²) in [5.41, 5.74) is -0.795. The number of benzene rings is 1. The molecule has 1 aromatic carbocycles. The fourth-order valence-corrected chi connectivity index (χ4v) is 3.55. The Kier molecular flexibility index (Phi) is 5.88. The van der Waals surface area contributed by atoms with E-state index in [4.69, 9.17) is 10.00 Å². The molecule has 0 aliphatic carbocycles. The summed E-state index contributed by atoms with van der Waals surface area (Å²) in [4.78, 5) is 33.4. The van der Waals surface area contributed by atoms with Crippen LogP contribution in [0.25, 0.3) is 0 Å². The van der Waals surface area contributed by atoms with Gasteiger partial charge in [-0.2, -0.15) is 5.26 Å². The highest BCUT2D eigenvalue weighted by molar-refractivity contribution is 7.90. The molecule has 0 fully saturated rings. The van der Waals surface area contributed by atoms with Crippen molar-refractivity contribution in [1.29, 1.82) is 5.26 Å². The molecule has 27 heavy (non-hydrogen) atoms. The number of nitrogens with zero attached hydrogens (tertiary/aromatic N) is 2. The van der Waals surface area contributed by atoms with E-state index in [1.54, 1.807) is 5.38 Å². The van der Waals surface area contributed by atoms with E-state index in [0.717, 1.165) is 35.8 Å². The molecule has 0 bridgehead atoms. The summed E-state index contributed by atoms with van der Waals surface area (Å²) >= 11 is 1.12. The zero-order chi connectivity index (χ0) is 20.2. The molecule has 1 amide bonds. The number of thiophene rings is 1. The smallest absolute Gasteiger partial charge is 0.338 e. The molecule has 0 atom stereocenters. The van der Waals surface area contributed by atoms with Crippen LogP contribution in [0.5, 0.6) is 0 Å². The maximum Gasteiger partial charge on any atom is 0.338 e. The Hall–Kier alpha value is -3.30. The van der Waals surface area contributed by atoms with Gasteiger partial charge in [0.05, 0.1) is 16.1 Å². The molecule has 0 radical (unpaired) electrons. The number of rotatable bonds is 6. The molecule has 0 spiro atoms. The molecule has 2 rings (SSSR count). The standard InChI is InChI=1S/C15H11N3O7S2/c1-27(23,24)12-3-2-9(6-11(12)18(21)22)15(20)25-8-13(19)17-14-10(7-16)4-5-26-14/h2-6H,8H2,1H3,(H,17,19). The first-order valence-electron chi connectivity index (χ1n) is 7.06. The van der Waals surface area contributed by atoms with Gasteiger partial charge in [-0.15, -0.1) is 11.3 Å². The number of carbonyl (C=O) groups is 2. The van der Waals surface area contributed by atoms with Gasteiger partial charge in [0, 0.05) is 12.3 Å². The summed E-state index contributed by atoms with van der Waals surface area (Å²) in [6.45, 7) is -0.691. The molecule has 0 unspecified atom stereocenters. The molecular weight excluding hydrogens is 398 g/mol. The van der Waals surface area contributed by atoms with Crippen molar-refractivity contribution < 1.29 is 27.7 Å².